The molecule has 0 aliphatic carbocycles. The van der Waals surface area contributed by atoms with E-state index in [4.69, 9.17) is 21.4 Å². The highest BCUT2D eigenvalue weighted by Crippen LogP contribution is 2.24. The first kappa shape index (κ1) is 11.1. The van der Waals surface area contributed by atoms with E-state index in [1.807, 2.05) is 24.3 Å². The van der Waals surface area contributed by atoms with Gasteiger partial charge in [0.1, 0.15) is 5.75 Å². The predicted molar refractivity (Wildman–Crippen MR) is 58.7 cm³/mol. The summed E-state index contributed by atoms with van der Waals surface area (Å²) < 4.78 is 5.16. The standard InChI is InChI=1S/C11H13ClO2/c1-14-11-8-10(12)6-5-9(11)4-2-3-7-13/h2,4-6,8,13H,3,7H2,1H3. The third-order valence-corrected chi connectivity index (χ3v) is 2.02. The minimum absolute atomic E-state index is 0.159. The lowest BCUT2D eigenvalue weighted by molar-refractivity contribution is 0.303. The normalized spacial score (nSPS) is 10.8. The third-order valence-electron chi connectivity index (χ3n) is 1.79. The molecule has 0 amide bonds. The third kappa shape index (κ3) is 3.05. The lowest BCUT2D eigenvalue weighted by Crippen LogP contribution is -1.86. The largest absolute Gasteiger partial charge is 0.496 e. The summed E-state index contributed by atoms with van der Waals surface area (Å²) >= 11 is 5.81. The van der Waals surface area contributed by atoms with E-state index in [9.17, 15) is 0 Å². The molecule has 3 heteroatoms. The molecule has 14 heavy (non-hydrogen) atoms. The highest BCUT2D eigenvalue weighted by atomic mass is 35.5. The van der Waals surface area contributed by atoms with Crippen LogP contribution < -0.4 is 4.74 Å². The second-order valence-electron chi connectivity index (χ2n) is 2.80. The maximum Gasteiger partial charge on any atom is 0.127 e. The smallest absolute Gasteiger partial charge is 0.127 e. The topological polar surface area (TPSA) is 29.5 Å². The van der Waals surface area contributed by atoms with E-state index < -0.39 is 0 Å². The minimum Gasteiger partial charge on any atom is -0.496 e. The van der Waals surface area contributed by atoms with Gasteiger partial charge in [-0.15, -0.1) is 0 Å². The van der Waals surface area contributed by atoms with E-state index in [0.29, 0.717) is 11.4 Å². The van der Waals surface area contributed by atoms with E-state index in [2.05, 4.69) is 0 Å². The summed E-state index contributed by atoms with van der Waals surface area (Å²) in [7, 11) is 1.61. The summed E-state index contributed by atoms with van der Waals surface area (Å²) in [5.41, 5.74) is 0.963. The first-order chi connectivity index (χ1) is 6.77. The molecule has 0 saturated heterocycles. The van der Waals surface area contributed by atoms with Gasteiger partial charge in [0.15, 0.2) is 0 Å². The molecule has 2 nitrogen and oxygen atoms in total. The van der Waals surface area contributed by atoms with Crippen LogP contribution in [0.1, 0.15) is 12.0 Å². The Balaban J connectivity index is 2.85. The number of hydrogen-bond acceptors (Lipinski definition) is 2. The average Bonchev–Trinajstić information content (AvgIpc) is 2.20. The van der Waals surface area contributed by atoms with Crippen molar-refractivity contribution in [2.45, 2.75) is 6.42 Å². The molecule has 1 aromatic rings. The van der Waals surface area contributed by atoms with Gasteiger partial charge in [0.05, 0.1) is 7.11 Å². The average molecular weight is 213 g/mol. The van der Waals surface area contributed by atoms with E-state index in [1.54, 1.807) is 13.2 Å². The zero-order valence-electron chi connectivity index (χ0n) is 8.03. The van der Waals surface area contributed by atoms with Gasteiger partial charge in [-0.25, -0.2) is 0 Å². The fourth-order valence-electron chi connectivity index (χ4n) is 1.11. The Kier molecular flexibility index (Phi) is 4.50. The van der Waals surface area contributed by atoms with Crippen LogP contribution in [0.4, 0.5) is 0 Å². The van der Waals surface area contributed by atoms with Crippen molar-refractivity contribution in [2.24, 2.45) is 0 Å². The molecule has 76 valence electrons. The quantitative estimate of drug-likeness (QED) is 0.832. The van der Waals surface area contributed by atoms with Gasteiger partial charge in [-0.2, -0.15) is 0 Å². The summed E-state index contributed by atoms with van der Waals surface area (Å²) in [6.07, 6.45) is 4.45. The monoisotopic (exact) mass is 212 g/mol. The van der Waals surface area contributed by atoms with Crippen LogP contribution in [0.2, 0.25) is 5.02 Å². The highest BCUT2D eigenvalue weighted by molar-refractivity contribution is 6.30. The number of hydrogen-bond donors (Lipinski definition) is 1. The molecule has 0 unspecified atom stereocenters. The van der Waals surface area contributed by atoms with Crippen LogP contribution in [0.3, 0.4) is 0 Å². The van der Waals surface area contributed by atoms with Crippen molar-refractivity contribution < 1.29 is 9.84 Å². The number of halogens is 1. The zero-order chi connectivity index (χ0) is 10.4. The molecule has 0 aliphatic rings. The zero-order valence-corrected chi connectivity index (χ0v) is 8.79. The van der Waals surface area contributed by atoms with Gasteiger partial charge < -0.3 is 9.84 Å². The number of benzene rings is 1. The van der Waals surface area contributed by atoms with Crippen molar-refractivity contribution in [1.29, 1.82) is 0 Å². The minimum atomic E-state index is 0.159. The fraction of sp³-hybridized carbons (Fsp3) is 0.273. The van der Waals surface area contributed by atoms with Crippen LogP contribution in [-0.2, 0) is 0 Å². The van der Waals surface area contributed by atoms with Crippen LogP contribution in [0, 0.1) is 0 Å². The van der Waals surface area contributed by atoms with Crippen molar-refractivity contribution in [2.75, 3.05) is 13.7 Å². The van der Waals surface area contributed by atoms with Crippen LogP contribution in [0.5, 0.6) is 5.75 Å². The van der Waals surface area contributed by atoms with E-state index >= 15 is 0 Å². The molecule has 0 bridgehead atoms. The summed E-state index contributed by atoms with van der Waals surface area (Å²) in [6.45, 7) is 0.159. The predicted octanol–water partition coefficient (Wildman–Crippen LogP) is 2.74. The van der Waals surface area contributed by atoms with Crippen LogP contribution in [0.15, 0.2) is 24.3 Å². The SMILES string of the molecule is COc1cc(Cl)ccc1C=CCCO. The number of aliphatic hydroxyl groups excluding tert-OH is 1. The molecule has 1 rings (SSSR count). The second kappa shape index (κ2) is 5.68. The number of rotatable bonds is 4. The molecular formula is C11H13ClO2. The molecule has 0 fully saturated rings. The van der Waals surface area contributed by atoms with Gasteiger partial charge >= 0.3 is 0 Å². The van der Waals surface area contributed by atoms with Crippen LogP contribution >= 0.6 is 11.6 Å². The fourth-order valence-corrected chi connectivity index (χ4v) is 1.27. The number of ether oxygens (including phenoxy) is 1. The first-order valence-corrected chi connectivity index (χ1v) is 4.76. The van der Waals surface area contributed by atoms with Gasteiger partial charge in [0.25, 0.3) is 0 Å². The molecule has 1 aromatic carbocycles. The molecular weight excluding hydrogens is 200 g/mol. The van der Waals surface area contributed by atoms with Crippen molar-refractivity contribution in [3.8, 4) is 5.75 Å². The Hall–Kier alpha value is -0.990. The van der Waals surface area contributed by atoms with E-state index in [1.165, 1.54) is 0 Å². The maximum absolute atomic E-state index is 8.61. The number of methoxy groups -OCH3 is 1. The maximum atomic E-state index is 8.61. The Bertz CT molecular complexity index is 321. The Morgan fingerprint density at radius 3 is 2.93 bits per heavy atom. The van der Waals surface area contributed by atoms with Gasteiger partial charge in [0, 0.05) is 17.2 Å². The van der Waals surface area contributed by atoms with E-state index in [-0.39, 0.29) is 6.61 Å². The van der Waals surface area contributed by atoms with Crippen molar-refractivity contribution >= 4 is 17.7 Å². The highest BCUT2D eigenvalue weighted by Gasteiger charge is 1.99. The Labute approximate surface area is 88.8 Å². The molecule has 0 radical (unpaired) electrons. The molecule has 1 N–H and O–H groups in total. The molecule has 0 spiro atoms. The van der Waals surface area contributed by atoms with Gasteiger partial charge in [-0.3, -0.25) is 0 Å². The van der Waals surface area contributed by atoms with Crippen LogP contribution in [-0.4, -0.2) is 18.8 Å². The number of aliphatic hydroxyl groups is 1. The molecule has 0 heterocycles. The molecule has 0 atom stereocenters. The van der Waals surface area contributed by atoms with Gasteiger partial charge in [0.2, 0.25) is 0 Å². The molecule has 0 aromatic heterocycles. The van der Waals surface area contributed by atoms with Crippen LogP contribution in [0.25, 0.3) is 6.08 Å². The lowest BCUT2D eigenvalue weighted by Gasteiger charge is -2.04. The first-order valence-electron chi connectivity index (χ1n) is 4.39. The lowest BCUT2D eigenvalue weighted by atomic mass is 10.2. The van der Waals surface area contributed by atoms with Crippen molar-refractivity contribution in [3.63, 3.8) is 0 Å². The van der Waals surface area contributed by atoms with Crippen molar-refractivity contribution in [3.05, 3.63) is 34.9 Å². The summed E-state index contributed by atoms with van der Waals surface area (Å²) in [5, 5.41) is 9.27. The molecule has 0 saturated carbocycles. The Morgan fingerprint density at radius 2 is 2.29 bits per heavy atom. The summed E-state index contributed by atoms with van der Waals surface area (Å²) in [4.78, 5) is 0. The van der Waals surface area contributed by atoms with Crippen molar-refractivity contribution in [1.82, 2.24) is 0 Å². The molecule has 0 aliphatic heterocycles. The summed E-state index contributed by atoms with van der Waals surface area (Å²) in [6, 6.07) is 5.46. The Morgan fingerprint density at radius 1 is 1.50 bits per heavy atom. The van der Waals surface area contributed by atoms with E-state index in [0.717, 1.165) is 11.3 Å². The second-order valence-corrected chi connectivity index (χ2v) is 3.24. The summed E-state index contributed by atoms with van der Waals surface area (Å²) in [5.74, 6) is 0.742. The van der Waals surface area contributed by atoms with Gasteiger partial charge in [-0.1, -0.05) is 23.8 Å². The van der Waals surface area contributed by atoms with Gasteiger partial charge in [-0.05, 0) is 24.6 Å².